The van der Waals surface area contributed by atoms with Crippen molar-refractivity contribution in [2.75, 3.05) is 11.9 Å². The third kappa shape index (κ3) is 2.20. The number of rotatable bonds is 1. The summed E-state index contributed by atoms with van der Waals surface area (Å²) in [6.07, 6.45) is 0.752. The molecule has 0 saturated heterocycles. The van der Waals surface area contributed by atoms with Gasteiger partial charge in [0.1, 0.15) is 0 Å². The van der Waals surface area contributed by atoms with Crippen LogP contribution >= 0.6 is 0 Å². The predicted molar refractivity (Wildman–Crippen MR) is 70.0 cm³/mol. The molecule has 1 aliphatic heterocycles. The van der Waals surface area contributed by atoms with Crippen molar-refractivity contribution in [3.63, 3.8) is 0 Å². The fraction of sp³-hybridized carbons (Fsp3) is 0.500. The van der Waals surface area contributed by atoms with E-state index in [1.807, 2.05) is 0 Å². The lowest BCUT2D eigenvalue weighted by Gasteiger charge is -2.30. The van der Waals surface area contributed by atoms with Crippen molar-refractivity contribution in [2.45, 2.75) is 32.6 Å². The van der Waals surface area contributed by atoms with E-state index in [1.165, 1.54) is 11.1 Å². The summed E-state index contributed by atoms with van der Waals surface area (Å²) in [5.74, 6) is -0.0329. The average molecular weight is 232 g/mol. The van der Waals surface area contributed by atoms with E-state index in [0.29, 0.717) is 6.54 Å². The molecule has 1 unspecified atom stereocenters. The summed E-state index contributed by atoms with van der Waals surface area (Å²) in [5.41, 5.74) is 9.04. The molecule has 0 fully saturated rings. The summed E-state index contributed by atoms with van der Waals surface area (Å²) in [4.78, 5) is 11.9. The lowest BCUT2D eigenvalue weighted by atomic mass is 9.81. The van der Waals surface area contributed by atoms with Crippen molar-refractivity contribution in [1.82, 2.24) is 0 Å². The van der Waals surface area contributed by atoms with Crippen LogP contribution in [0.2, 0.25) is 0 Å². The van der Waals surface area contributed by atoms with Gasteiger partial charge in [0.05, 0.1) is 5.92 Å². The first-order valence-corrected chi connectivity index (χ1v) is 6.07. The summed E-state index contributed by atoms with van der Waals surface area (Å²) >= 11 is 0. The Labute approximate surface area is 102 Å². The number of carbonyl (C=O) groups excluding carboxylic acids is 1. The zero-order valence-corrected chi connectivity index (χ0v) is 10.7. The first-order valence-electron chi connectivity index (χ1n) is 6.07. The molecule has 0 saturated carbocycles. The molecule has 1 aliphatic rings. The van der Waals surface area contributed by atoms with Crippen LogP contribution in [0.1, 0.15) is 31.9 Å². The summed E-state index contributed by atoms with van der Waals surface area (Å²) < 4.78 is 0. The highest BCUT2D eigenvalue weighted by atomic mass is 16.2. The van der Waals surface area contributed by atoms with Gasteiger partial charge < -0.3 is 11.1 Å². The summed E-state index contributed by atoms with van der Waals surface area (Å²) in [7, 11) is 0. The molecule has 0 aromatic heterocycles. The van der Waals surface area contributed by atoms with Crippen LogP contribution in [0, 0.1) is 5.92 Å². The second kappa shape index (κ2) is 4.15. The Bertz CT molecular complexity index is 446. The van der Waals surface area contributed by atoms with Gasteiger partial charge in [-0.15, -0.1) is 0 Å². The molecular weight excluding hydrogens is 212 g/mol. The first kappa shape index (κ1) is 12.1. The van der Waals surface area contributed by atoms with E-state index < -0.39 is 0 Å². The SMILES string of the molecule is CC(C)(C)c1cccc2c1NC(=O)C(CN)C2. The van der Waals surface area contributed by atoms with Crippen LogP contribution in [0.4, 0.5) is 5.69 Å². The maximum absolute atomic E-state index is 11.9. The van der Waals surface area contributed by atoms with Crippen LogP contribution in [-0.4, -0.2) is 12.5 Å². The quantitative estimate of drug-likeness (QED) is 0.778. The number of carbonyl (C=O) groups is 1. The van der Waals surface area contributed by atoms with E-state index in [0.717, 1.165) is 12.1 Å². The van der Waals surface area contributed by atoms with Crippen LogP contribution in [0.25, 0.3) is 0 Å². The molecule has 1 aromatic carbocycles. The zero-order chi connectivity index (χ0) is 12.6. The number of hydrogen-bond acceptors (Lipinski definition) is 2. The Balaban J connectivity index is 2.47. The van der Waals surface area contributed by atoms with E-state index in [1.54, 1.807) is 0 Å². The van der Waals surface area contributed by atoms with Gasteiger partial charge >= 0.3 is 0 Å². The van der Waals surface area contributed by atoms with Gasteiger partial charge in [-0.3, -0.25) is 4.79 Å². The maximum Gasteiger partial charge on any atom is 0.229 e. The van der Waals surface area contributed by atoms with Gasteiger partial charge in [-0.1, -0.05) is 39.0 Å². The predicted octanol–water partition coefficient (Wildman–Crippen LogP) is 2.05. The molecule has 3 N–H and O–H groups in total. The molecule has 92 valence electrons. The summed E-state index contributed by atoms with van der Waals surface area (Å²) in [6, 6.07) is 6.22. The van der Waals surface area contributed by atoms with E-state index in [4.69, 9.17) is 5.73 Å². The molecule has 1 aromatic rings. The minimum atomic E-state index is -0.0854. The minimum Gasteiger partial charge on any atom is -0.330 e. The Kier molecular flexibility index (Phi) is 2.96. The third-order valence-corrected chi connectivity index (χ3v) is 3.33. The molecule has 3 nitrogen and oxygen atoms in total. The van der Waals surface area contributed by atoms with E-state index >= 15 is 0 Å². The second-order valence-corrected chi connectivity index (χ2v) is 5.72. The smallest absolute Gasteiger partial charge is 0.229 e. The standard InChI is InChI=1S/C14H20N2O/c1-14(2,3)11-6-4-5-9-7-10(8-15)13(17)16-12(9)11/h4-6,10H,7-8,15H2,1-3H3,(H,16,17). The number of anilines is 1. The summed E-state index contributed by atoms with van der Waals surface area (Å²) in [5, 5.41) is 3.02. The first-order chi connectivity index (χ1) is 7.93. The lowest BCUT2D eigenvalue weighted by Crippen LogP contribution is -2.36. The molecular formula is C14H20N2O. The van der Waals surface area contributed by atoms with Crippen molar-refractivity contribution < 1.29 is 4.79 Å². The molecule has 1 heterocycles. The Hall–Kier alpha value is -1.35. The van der Waals surface area contributed by atoms with E-state index in [-0.39, 0.29) is 17.2 Å². The number of nitrogens with one attached hydrogen (secondary N) is 1. The Morgan fingerprint density at radius 3 is 2.71 bits per heavy atom. The molecule has 0 spiro atoms. The van der Waals surface area contributed by atoms with Crippen LogP contribution in [-0.2, 0) is 16.6 Å². The van der Waals surface area contributed by atoms with Gasteiger partial charge in [-0.25, -0.2) is 0 Å². The average Bonchev–Trinajstić information content (AvgIpc) is 2.26. The highest BCUT2D eigenvalue weighted by Gasteiger charge is 2.29. The van der Waals surface area contributed by atoms with Crippen LogP contribution in [0.15, 0.2) is 18.2 Å². The number of fused-ring (bicyclic) bond motifs is 1. The molecule has 1 atom stereocenters. The van der Waals surface area contributed by atoms with Gasteiger partial charge in [0.25, 0.3) is 0 Å². The van der Waals surface area contributed by atoms with Gasteiger partial charge in [0.15, 0.2) is 0 Å². The zero-order valence-electron chi connectivity index (χ0n) is 10.7. The summed E-state index contributed by atoms with van der Waals surface area (Å²) in [6.45, 7) is 6.88. The number of amides is 1. The van der Waals surface area contributed by atoms with Crippen molar-refractivity contribution in [3.05, 3.63) is 29.3 Å². The minimum absolute atomic E-state index is 0.0359. The second-order valence-electron chi connectivity index (χ2n) is 5.72. The highest BCUT2D eigenvalue weighted by Crippen LogP contribution is 2.35. The normalized spacial score (nSPS) is 19.8. The van der Waals surface area contributed by atoms with Crippen LogP contribution < -0.4 is 11.1 Å². The largest absolute Gasteiger partial charge is 0.330 e. The van der Waals surface area contributed by atoms with Crippen molar-refractivity contribution in [3.8, 4) is 0 Å². The van der Waals surface area contributed by atoms with Gasteiger partial charge in [0, 0.05) is 12.2 Å². The van der Waals surface area contributed by atoms with Gasteiger partial charge in [-0.2, -0.15) is 0 Å². The number of benzene rings is 1. The fourth-order valence-electron chi connectivity index (χ4n) is 2.32. The molecule has 1 amide bonds. The van der Waals surface area contributed by atoms with E-state index in [2.05, 4.69) is 44.3 Å². The van der Waals surface area contributed by atoms with Crippen molar-refractivity contribution in [2.24, 2.45) is 11.7 Å². The Morgan fingerprint density at radius 1 is 1.41 bits per heavy atom. The fourth-order valence-corrected chi connectivity index (χ4v) is 2.32. The van der Waals surface area contributed by atoms with Crippen molar-refractivity contribution >= 4 is 11.6 Å². The highest BCUT2D eigenvalue weighted by molar-refractivity contribution is 5.97. The third-order valence-electron chi connectivity index (χ3n) is 3.33. The lowest BCUT2D eigenvalue weighted by molar-refractivity contribution is -0.119. The molecule has 2 rings (SSSR count). The number of para-hydroxylation sites is 1. The van der Waals surface area contributed by atoms with Crippen LogP contribution in [0.3, 0.4) is 0 Å². The Morgan fingerprint density at radius 2 is 2.12 bits per heavy atom. The van der Waals surface area contributed by atoms with Gasteiger partial charge in [-0.05, 0) is 23.0 Å². The molecule has 0 aliphatic carbocycles. The van der Waals surface area contributed by atoms with Gasteiger partial charge in [0.2, 0.25) is 5.91 Å². The monoisotopic (exact) mass is 232 g/mol. The number of nitrogens with two attached hydrogens (primary N) is 1. The van der Waals surface area contributed by atoms with Crippen LogP contribution in [0.5, 0.6) is 0 Å². The van der Waals surface area contributed by atoms with E-state index in [9.17, 15) is 4.79 Å². The number of hydrogen-bond donors (Lipinski definition) is 2. The topological polar surface area (TPSA) is 55.1 Å². The molecule has 0 radical (unpaired) electrons. The van der Waals surface area contributed by atoms with Crippen molar-refractivity contribution in [1.29, 1.82) is 0 Å². The molecule has 3 heteroatoms. The molecule has 17 heavy (non-hydrogen) atoms. The maximum atomic E-state index is 11.9. The molecule has 0 bridgehead atoms.